The molecular weight excluding hydrogens is 444 g/mol. The maximum absolute atomic E-state index is 5.83. The fraction of sp³-hybridized carbons (Fsp3) is 0.696. The van der Waals surface area contributed by atoms with Crippen molar-refractivity contribution in [3.63, 3.8) is 0 Å². The average Bonchev–Trinajstić information content (AvgIpc) is 3.55. The maximum atomic E-state index is 5.83. The zero-order valence-electron chi connectivity index (χ0n) is 19.5. The second-order valence-electron chi connectivity index (χ2n) is 9.50. The lowest BCUT2D eigenvalue weighted by atomic mass is 10.0. The summed E-state index contributed by atoms with van der Waals surface area (Å²) < 4.78 is 18.8. The van der Waals surface area contributed by atoms with Crippen LogP contribution in [0.5, 0.6) is 11.5 Å². The van der Waals surface area contributed by atoms with Crippen LogP contribution in [0.3, 0.4) is 0 Å². The Morgan fingerprint density at radius 2 is 1.91 bits per heavy atom. The predicted octanol–water partition coefficient (Wildman–Crippen LogP) is -0.510. The summed E-state index contributed by atoms with van der Waals surface area (Å²) in [7, 11) is 0. The summed E-state index contributed by atoms with van der Waals surface area (Å²) in [5.74, 6) is 3.25. The number of aromatic nitrogens is 4. The Bertz CT molecular complexity index is 896. The van der Waals surface area contributed by atoms with Crippen LogP contribution >= 0.6 is 0 Å². The van der Waals surface area contributed by atoms with Gasteiger partial charge in [-0.05, 0) is 53.3 Å². The first-order valence-corrected chi connectivity index (χ1v) is 11.9. The van der Waals surface area contributed by atoms with Crippen molar-refractivity contribution < 1.29 is 26.6 Å². The molecule has 2 aromatic rings. The van der Waals surface area contributed by atoms with Crippen LogP contribution in [0.25, 0.3) is 0 Å². The van der Waals surface area contributed by atoms with E-state index in [2.05, 4.69) is 51.3 Å². The largest absolute Gasteiger partial charge is 1.00 e. The number of benzene rings is 1. The zero-order valence-corrected chi connectivity index (χ0v) is 20.3. The molecule has 2 unspecified atom stereocenters. The number of ether oxygens (including phenoxy) is 3. The Hall–Kier alpha value is -1.94. The van der Waals surface area contributed by atoms with Gasteiger partial charge in [0.1, 0.15) is 0 Å². The van der Waals surface area contributed by atoms with Crippen LogP contribution in [0, 0.1) is 5.92 Å². The quantitative estimate of drug-likeness (QED) is 0.503. The van der Waals surface area contributed by atoms with Crippen molar-refractivity contribution in [2.24, 2.45) is 5.92 Å². The molecule has 0 radical (unpaired) electrons. The molecule has 3 aliphatic heterocycles. The molecule has 10 heteroatoms. The van der Waals surface area contributed by atoms with Gasteiger partial charge in [0.05, 0.1) is 18.7 Å². The van der Waals surface area contributed by atoms with Crippen molar-refractivity contribution in [3.8, 4) is 11.5 Å². The molecule has 3 aliphatic rings. The predicted molar refractivity (Wildman–Crippen MR) is 118 cm³/mol. The second-order valence-corrected chi connectivity index (χ2v) is 9.50. The Morgan fingerprint density at radius 3 is 2.67 bits per heavy atom. The molecule has 4 heterocycles. The minimum Gasteiger partial charge on any atom is -1.00 e. The lowest BCUT2D eigenvalue weighted by molar-refractivity contribution is -0.0000104. The highest BCUT2D eigenvalue weighted by Crippen LogP contribution is 2.33. The first-order valence-electron chi connectivity index (χ1n) is 11.9. The molecule has 2 fully saturated rings. The number of tetrazole rings is 1. The summed E-state index contributed by atoms with van der Waals surface area (Å²) >= 11 is 0. The van der Waals surface area contributed by atoms with E-state index in [4.69, 9.17) is 14.2 Å². The molecule has 0 amide bonds. The van der Waals surface area contributed by atoms with Gasteiger partial charge in [-0.2, -0.15) is 0 Å². The van der Waals surface area contributed by atoms with Gasteiger partial charge in [-0.3, -0.25) is 9.80 Å². The molecule has 0 spiro atoms. The van der Waals surface area contributed by atoms with E-state index in [1.807, 2.05) is 10.7 Å². The third kappa shape index (κ3) is 5.77. The summed E-state index contributed by atoms with van der Waals surface area (Å²) in [6.45, 7) is 11.5. The molecule has 5 rings (SSSR count). The van der Waals surface area contributed by atoms with Gasteiger partial charge in [0.25, 0.3) is 0 Å². The fourth-order valence-electron chi connectivity index (χ4n) is 4.96. The molecule has 33 heavy (non-hydrogen) atoms. The summed E-state index contributed by atoms with van der Waals surface area (Å²) in [6.07, 6.45) is 3.50. The van der Waals surface area contributed by atoms with Crippen LogP contribution in [0.4, 0.5) is 0 Å². The van der Waals surface area contributed by atoms with Crippen LogP contribution in [-0.2, 0) is 17.8 Å². The van der Waals surface area contributed by atoms with Gasteiger partial charge in [0.2, 0.25) is 6.79 Å². The van der Waals surface area contributed by atoms with Gasteiger partial charge >= 0.3 is 0 Å². The molecule has 2 atom stereocenters. The Labute approximate surface area is 201 Å². The van der Waals surface area contributed by atoms with Gasteiger partial charge in [-0.15, -0.1) is 5.10 Å². The van der Waals surface area contributed by atoms with E-state index in [0.717, 1.165) is 82.5 Å². The van der Waals surface area contributed by atoms with Crippen molar-refractivity contribution in [3.05, 3.63) is 29.6 Å². The third-order valence-corrected chi connectivity index (χ3v) is 6.64. The van der Waals surface area contributed by atoms with E-state index >= 15 is 0 Å². The summed E-state index contributed by atoms with van der Waals surface area (Å²) in [6, 6.07) is 6.50. The van der Waals surface area contributed by atoms with Crippen LogP contribution in [-0.4, -0.2) is 75.7 Å². The first kappa shape index (κ1) is 24.2. The summed E-state index contributed by atoms with van der Waals surface area (Å²) in [4.78, 5) is 5.07. The van der Waals surface area contributed by atoms with Crippen molar-refractivity contribution in [2.75, 3.05) is 39.6 Å². The number of hydrogen-bond donors (Lipinski definition) is 0. The molecule has 1 aromatic carbocycles. The SMILES string of the molecule is CC(C)CC(c1nnnn1CC1CCCO1)N1CCN(Cc2ccc3c(c2)OCO3)CC1.[Cl-]. The first-order chi connectivity index (χ1) is 15.7. The van der Waals surface area contributed by atoms with E-state index in [1.165, 1.54) is 5.56 Å². The molecule has 1 aromatic heterocycles. The molecule has 0 aliphatic carbocycles. The standard InChI is InChI=1S/C23H34N6O3.ClH/c1-17(2)12-20(23-24-25-26-29(23)15-19-4-3-11-30-19)28-9-7-27(8-10-28)14-18-5-6-21-22(13-18)32-16-31-21;/h5-6,13,17,19-20H,3-4,7-12,14-16H2,1-2H3;1H/p-1. The van der Waals surface area contributed by atoms with Gasteiger partial charge in [0, 0.05) is 39.3 Å². The highest BCUT2D eigenvalue weighted by molar-refractivity contribution is 5.44. The Morgan fingerprint density at radius 1 is 1.09 bits per heavy atom. The number of nitrogens with zero attached hydrogens (tertiary/aromatic N) is 6. The van der Waals surface area contributed by atoms with E-state index in [9.17, 15) is 0 Å². The number of halogens is 1. The van der Waals surface area contributed by atoms with Gasteiger partial charge in [-0.1, -0.05) is 19.9 Å². The van der Waals surface area contributed by atoms with E-state index < -0.39 is 0 Å². The highest BCUT2D eigenvalue weighted by atomic mass is 35.5. The number of hydrogen-bond acceptors (Lipinski definition) is 8. The topological polar surface area (TPSA) is 77.8 Å². The van der Waals surface area contributed by atoms with Crippen molar-refractivity contribution in [2.45, 2.75) is 58.3 Å². The van der Waals surface area contributed by atoms with Crippen molar-refractivity contribution in [1.82, 2.24) is 30.0 Å². The van der Waals surface area contributed by atoms with Crippen molar-refractivity contribution in [1.29, 1.82) is 0 Å². The maximum Gasteiger partial charge on any atom is 0.231 e. The minimum absolute atomic E-state index is 0. The van der Waals surface area contributed by atoms with Crippen molar-refractivity contribution >= 4 is 0 Å². The molecule has 182 valence electrons. The monoisotopic (exact) mass is 477 g/mol. The van der Waals surface area contributed by atoms with Gasteiger partial charge in [0.15, 0.2) is 17.3 Å². The highest BCUT2D eigenvalue weighted by Gasteiger charge is 2.31. The summed E-state index contributed by atoms with van der Waals surface area (Å²) in [5.41, 5.74) is 1.27. The number of fused-ring (bicyclic) bond motifs is 1. The van der Waals surface area contributed by atoms with Gasteiger partial charge in [-0.25, -0.2) is 4.68 Å². The van der Waals surface area contributed by atoms with E-state index in [0.29, 0.717) is 12.7 Å². The van der Waals surface area contributed by atoms with E-state index in [-0.39, 0.29) is 24.6 Å². The minimum atomic E-state index is 0. The van der Waals surface area contributed by atoms with Crippen LogP contribution in [0.2, 0.25) is 0 Å². The lowest BCUT2D eigenvalue weighted by Crippen LogP contribution is -3.00. The average molecular weight is 478 g/mol. The summed E-state index contributed by atoms with van der Waals surface area (Å²) in [5, 5.41) is 12.8. The molecule has 2 saturated heterocycles. The Balaban J connectivity index is 0.00000259. The third-order valence-electron chi connectivity index (χ3n) is 6.64. The molecule has 0 saturated carbocycles. The number of rotatable bonds is 8. The normalized spacial score (nSPS) is 22.0. The van der Waals surface area contributed by atoms with Gasteiger partial charge < -0.3 is 26.6 Å². The van der Waals surface area contributed by atoms with E-state index in [1.54, 1.807) is 0 Å². The second kappa shape index (κ2) is 11.0. The van der Waals surface area contributed by atoms with Crippen LogP contribution in [0.15, 0.2) is 18.2 Å². The fourth-order valence-corrected chi connectivity index (χ4v) is 4.96. The van der Waals surface area contributed by atoms with Crippen LogP contribution < -0.4 is 21.9 Å². The zero-order chi connectivity index (χ0) is 21.9. The molecule has 9 nitrogen and oxygen atoms in total. The number of piperazine rings is 1. The molecular formula is C23H34ClN6O3-. The molecule has 0 bridgehead atoms. The van der Waals surface area contributed by atoms with Crippen LogP contribution in [0.1, 0.15) is 50.5 Å². The Kier molecular flexibility index (Phi) is 8.06. The lowest BCUT2D eigenvalue weighted by Gasteiger charge is -2.39. The smallest absolute Gasteiger partial charge is 0.231 e. The molecule has 0 N–H and O–H groups in total.